The predicted molar refractivity (Wildman–Crippen MR) is 77.7 cm³/mol. The van der Waals surface area contributed by atoms with E-state index in [0.29, 0.717) is 6.54 Å². The second-order valence-corrected chi connectivity index (χ2v) is 5.20. The Hall–Kier alpha value is -2.30. The molecule has 0 N–H and O–H groups in total. The first-order valence-corrected chi connectivity index (χ1v) is 6.72. The summed E-state index contributed by atoms with van der Waals surface area (Å²) >= 11 is 0. The number of hydrogen-bond donors (Lipinski definition) is 0. The molecule has 1 amide bonds. The highest BCUT2D eigenvalue weighted by Crippen LogP contribution is 2.17. The lowest BCUT2D eigenvalue weighted by Gasteiger charge is -2.27. The van der Waals surface area contributed by atoms with E-state index in [1.54, 1.807) is 6.20 Å². The third kappa shape index (κ3) is 2.27. The Bertz CT molecular complexity index is 615. The van der Waals surface area contributed by atoms with Gasteiger partial charge in [-0.2, -0.15) is 0 Å². The number of benzene rings is 1. The van der Waals surface area contributed by atoms with Crippen LogP contribution in [0.25, 0.3) is 0 Å². The van der Waals surface area contributed by atoms with Crippen LogP contribution in [0.2, 0.25) is 0 Å². The van der Waals surface area contributed by atoms with E-state index < -0.39 is 0 Å². The number of hydrogen-bond acceptors (Lipinski definition) is 3. The zero-order valence-electron chi connectivity index (χ0n) is 11.8. The first-order valence-electron chi connectivity index (χ1n) is 6.72. The van der Waals surface area contributed by atoms with Crippen molar-refractivity contribution < 1.29 is 4.79 Å². The Kier molecular flexibility index (Phi) is 3.18. The van der Waals surface area contributed by atoms with Gasteiger partial charge in [0.1, 0.15) is 5.82 Å². The maximum Gasteiger partial charge on any atom is 0.254 e. The Morgan fingerprint density at radius 2 is 1.95 bits per heavy atom. The standard InChI is InChI=1S/C15H18N4O/c1-17(2)13-5-3-12(4-6-13)15(20)19-10-9-18-8-7-16-14(18)11-19/h3-8H,9-11H2,1-2H3. The van der Waals surface area contributed by atoms with Crippen molar-refractivity contribution in [2.75, 3.05) is 25.5 Å². The highest BCUT2D eigenvalue weighted by atomic mass is 16.2. The topological polar surface area (TPSA) is 41.4 Å². The summed E-state index contributed by atoms with van der Waals surface area (Å²) in [6.45, 7) is 2.13. The van der Waals surface area contributed by atoms with Crippen molar-refractivity contribution in [3.63, 3.8) is 0 Å². The first-order chi connectivity index (χ1) is 9.65. The molecule has 0 unspecified atom stereocenters. The third-order valence-corrected chi connectivity index (χ3v) is 3.66. The Morgan fingerprint density at radius 3 is 2.65 bits per heavy atom. The van der Waals surface area contributed by atoms with Crippen LogP contribution in [0.1, 0.15) is 16.2 Å². The molecule has 104 valence electrons. The summed E-state index contributed by atoms with van der Waals surface area (Å²) in [4.78, 5) is 20.6. The van der Waals surface area contributed by atoms with Gasteiger partial charge in [-0.3, -0.25) is 4.79 Å². The number of aromatic nitrogens is 2. The summed E-state index contributed by atoms with van der Waals surface area (Å²) in [5.74, 6) is 1.03. The molecule has 0 saturated carbocycles. The minimum Gasteiger partial charge on any atom is -0.378 e. The molecule has 0 radical (unpaired) electrons. The number of carbonyl (C=O) groups is 1. The quantitative estimate of drug-likeness (QED) is 0.832. The molecule has 5 nitrogen and oxygen atoms in total. The van der Waals surface area contributed by atoms with Gasteiger partial charge in [-0.15, -0.1) is 0 Å². The van der Waals surface area contributed by atoms with Crippen LogP contribution >= 0.6 is 0 Å². The van der Waals surface area contributed by atoms with Crippen LogP contribution in [0, 0.1) is 0 Å². The lowest BCUT2D eigenvalue weighted by Crippen LogP contribution is -2.38. The lowest BCUT2D eigenvalue weighted by molar-refractivity contribution is 0.0707. The molecular formula is C15H18N4O. The van der Waals surface area contributed by atoms with Crippen molar-refractivity contribution >= 4 is 11.6 Å². The molecule has 0 atom stereocenters. The molecule has 1 aliphatic heterocycles. The molecule has 1 aromatic heterocycles. The van der Waals surface area contributed by atoms with Gasteiger partial charge in [-0.25, -0.2) is 4.98 Å². The zero-order chi connectivity index (χ0) is 14.1. The minimum absolute atomic E-state index is 0.0737. The second kappa shape index (κ2) is 5.00. The van der Waals surface area contributed by atoms with Gasteiger partial charge in [0.05, 0.1) is 6.54 Å². The summed E-state index contributed by atoms with van der Waals surface area (Å²) in [6.07, 6.45) is 3.75. The van der Waals surface area contributed by atoms with Gasteiger partial charge in [-0.1, -0.05) is 0 Å². The largest absolute Gasteiger partial charge is 0.378 e. The molecular weight excluding hydrogens is 252 g/mol. The van der Waals surface area contributed by atoms with Crippen LogP contribution in [0.4, 0.5) is 5.69 Å². The van der Waals surface area contributed by atoms with Crippen LogP contribution in [0.5, 0.6) is 0 Å². The van der Waals surface area contributed by atoms with Gasteiger partial charge in [0.25, 0.3) is 5.91 Å². The van der Waals surface area contributed by atoms with E-state index >= 15 is 0 Å². The average molecular weight is 270 g/mol. The molecule has 1 aromatic carbocycles. The average Bonchev–Trinajstić information content (AvgIpc) is 2.94. The van der Waals surface area contributed by atoms with Crippen molar-refractivity contribution in [1.82, 2.24) is 14.5 Å². The number of imidazole rings is 1. The van der Waals surface area contributed by atoms with Crippen LogP contribution in [0.3, 0.4) is 0 Å². The minimum atomic E-state index is 0.0737. The monoisotopic (exact) mass is 270 g/mol. The molecule has 0 spiro atoms. The lowest BCUT2D eigenvalue weighted by atomic mass is 10.1. The summed E-state index contributed by atoms with van der Waals surface area (Å²) in [5, 5.41) is 0. The highest BCUT2D eigenvalue weighted by molar-refractivity contribution is 5.94. The summed E-state index contributed by atoms with van der Waals surface area (Å²) in [6, 6.07) is 7.72. The molecule has 0 fully saturated rings. The fourth-order valence-electron chi connectivity index (χ4n) is 2.43. The van der Waals surface area contributed by atoms with Crippen LogP contribution in [-0.2, 0) is 13.1 Å². The maximum atomic E-state index is 12.5. The smallest absolute Gasteiger partial charge is 0.254 e. The highest BCUT2D eigenvalue weighted by Gasteiger charge is 2.22. The van der Waals surface area contributed by atoms with Gasteiger partial charge in [0, 0.05) is 50.8 Å². The molecule has 3 rings (SSSR count). The SMILES string of the molecule is CN(C)c1ccc(C(=O)N2CCn3ccnc3C2)cc1. The fourth-order valence-corrected chi connectivity index (χ4v) is 2.43. The molecule has 20 heavy (non-hydrogen) atoms. The molecule has 0 bridgehead atoms. The van der Waals surface area contributed by atoms with Gasteiger partial charge >= 0.3 is 0 Å². The van der Waals surface area contributed by atoms with E-state index in [2.05, 4.69) is 9.55 Å². The molecule has 2 aromatic rings. The van der Waals surface area contributed by atoms with Crippen molar-refractivity contribution in [1.29, 1.82) is 0 Å². The molecule has 0 saturated heterocycles. The van der Waals surface area contributed by atoms with Gasteiger partial charge in [-0.05, 0) is 24.3 Å². The van der Waals surface area contributed by atoms with E-state index in [1.165, 1.54) is 0 Å². The van der Waals surface area contributed by atoms with Crippen molar-refractivity contribution in [3.05, 3.63) is 48.0 Å². The van der Waals surface area contributed by atoms with E-state index in [-0.39, 0.29) is 5.91 Å². The number of rotatable bonds is 2. The number of fused-ring (bicyclic) bond motifs is 1. The van der Waals surface area contributed by atoms with Crippen LogP contribution in [-0.4, -0.2) is 41.0 Å². The Balaban J connectivity index is 1.76. The number of carbonyl (C=O) groups excluding carboxylic acids is 1. The van der Waals surface area contributed by atoms with Crippen molar-refractivity contribution in [3.8, 4) is 0 Å². The van der Waals surface area contributed by atoms with Gasteiger partial charge in [0.2, 0.25) is 0 Å². The van der Waals surface area contributed by atoms with Crippen molar-refractivity contribution in [2.24, 2.45) is 0 Å². The fraction of sp³-hybridized carbons (Fsp3) is 0.333. The Labute approximate surface area is 118 Å². The third-order valence-electron chi connectivity index (χ3n) is 3.66. The summed E-state index contributed by atoms with van der Waals surface area (Å²) in [7, 11) is 3.97. The van der Waals surface area contributed by atoms with E-state index in [9.17, 15) is 4.79 Å². The Morgan fingerprint density at radius 1 is 1.20 bits per heavy atom. The molecule has 5 heteroatoms. The normalized spacial score (nSPS) is 14.0. The maximum absolute atomic E-state index is 12.5. The van der Waals surface area contributed by atoms with Crippen molar-refractivity contribution in [2.45, 2.75) is 13.1 Å². The van der Waals surface area contributed by atoms with E-state index in [1.807, 2.05) is 54.4 Å². The first kappa shape index (κ1) is 12.7. The summed E-state index contributed by atoms with van der Waals surface area (Å²) < 4.78 is 2.10. The van der Waals surface area contributed by atoms with Crippen LogP contribution in [0.15, 0.2) is 36.7 Å². The molecule has 0 aliphatic carbocycles. The van der Waals surface area contributed by atoms with E-state index in [4.69, 9.17) is 0 Å². The van der Waals surface area contributed by atoms with Crippen LogP contribution < -0.4 is 4.90 Å². The number of amides is 1. The second-order valence-electron chi connectivity index (χ2n) is 5.20. The van der Waals surface area contributed by atoms with E-state index in [0.717, 1.165) is 30.2 Å². The molecule has 1 aliphatic rings. The summed E-state index contributed by atoms with van der Waals surface area (Å²) in [5.41, 5.74) is 1.83. The number of anilines is 1. The van der Waals surface area contributed by atoms with Gasteiger partial charge in [0.15, 0.2) is 0 Å². The number of nitrogens with zero attached hydrogens (tertiary/aromatic N) is 4. The zero-order valence-corrected chi connectivity index (χ0v) is 11.8. The molecule has 2 heterocycles. The predicted octanol–water partition coefficient (Wildman–Crippen LogP) is 1.61. The van der Waals surface area contributed by atoms with Gasteiger partial charge < -0.3 is 14.4 Å².